The number of benzene rings is 1. The minimum atomic E-state index is 0.204. The first-order valence-electron chi connectivity index (χ1n) is 7.13. The molecule has 0 saturated carbocycles. The molecule has 2 atom stereocenters. The monoisotopic (exact) mass is 277 g/mol. The highest BCUT2D eigenvalue weighted by atomic mass is 32.2. The van der Waals surface area contributed by atoms with E-state index in [0.29, 0.717) is 11.8 Å². The summed E-state index contributed by atoms with van der Waals surface area (Å²) in [5.41, 5.74) is 0.871. The van der Waals surface area contributed by atoms with E-state index in [4.69, 9.17) is 0 Å². The van der Waals surface area contributed by atoms with Crippen molar-refractivity contribution in [3.63, 3.8) is 0 Å². The number of nitrogens with zero attached hydrogens (tertiary/aromatic N) is 1. The summed E-state index contributed by atoms with van der Waals surface area (Å²) >= 11 is 1.75. The Morgan fingerprint density at radius 1 is 1.26 bits per heavy atom. The SMILES string of the molecule is CCSc1ccccc1C(=O)N1C[C@@H](C)C[C@H](C)C1. The second-order valence-electron chi connectivity index (χ2n) is 5.59. The molecule has 1 aliphatic rings. The van der Waals surface area contributed by atoms with E-state index in [1.165, 1.54) is 6.42 Å². The summed E-state index contributed by atoms with van der Waals surface area (Å²) < 4.78 is 0. The van der Waals surface area contributed by atoms with Crippen LogP contribution in [0.2, 0.25) is 0 Å². The van der Waals surface area contributed by atoms with Crippen LogP contribution in [0.25, 0.3) is 0 Å². The number of carbonyl (C=O) groups is 1. The second kappa shape index (κ2) is 6.47. The predicted molar refractivity (Wildman–Crippen MR) is 81.7 cm³/mol. The number of rotatable bonds is 3. The predicted octanol–water partition coefficient (Wildman–Crippen LogP) is 3.92. The number of amides is 1. The largest absolute Gasteiger partial charge is 0.338 e. The summed E-state index contributed by atoms with van der Waals surface area (Å²) in [6.45, 7) is 8.39. The lowest BCUT2D eigenvalue weighted by molar-refractivity contribution is 0.0619. The first-order valence-corrected chi connectivity index (χ1v) is 8.11. The van der Waals surface area contributed by atoms with E-state index in [2.05, 4.69) is 26.8 Å². The Morgan fingerprint density at radius 3 is 2.53 bits per heavy atom. The normalized spacial score (nSPS) is 23.4. The van der Waals surface area contributed by atoms with Crippen LogP contribution in [0.5, 0.6) is 0 Å². The summed E-state index contributed by atoms with van der Waals surface area (Å²) in [5.74, 6) is 2.42. The minimum Gasteiger partial charge on any atom is -0.338 e. The fourth-order valence-electron chi connectivity index (χ4n) is 2.92. The molecule has 1 saturated heterocycles. The fourth-order valence-corrected chi connectivity index (χ4v) is 3.72. The zero-order valence-corrected chi connectivity index (χ0v) is 12.9. The van der Waals surface area contributed by atoms with Gasteiger partial charge in [-0.1, -0.05) is 32.9 Å². The van der Waals surface area contributed by atoms with Crippen LogP contribution in [0.1, 0.15) is 37.6 Å². The van der Waals surface area contributed by atoms with Gasteiger partial charge in [-0.25, -0.2) is 0 Å². The van der Waals surface area contributed by atoms with E-state index in [9.17, 15) is 4.79 Å². The Morgan fingerprint density at radius 2 is 1.89 bits per heavy atom. The van der Waals surface area contributed by atoms with Crippen molar-refractivity contribution in [3.05, 3.63) is 29.8 Å². The molecule has 2 rings (SSSR count). The van der Waals surface area contributed by atoms with E-state index in [1.807, 2.05) is 23.1 Å². The Bertz CT molecular complexity index is 436. The zero-order chi connectivity index (χ0) is 13.8. The average molecular weight is 277 g/mol. The molecule has 1 aromatic carbocycles. The number of likely N-dealkylation sites (tertiary alicyclic amines) is 1. The maximum absolute atomic E-state index is 12.7. The van der Waals surface area contributed by atoms with Crippen LogP contribution in [0.4, 0.5) is 0 Å². The van der Waals surface area contributed by atoms with Gasteiger partial charge >= 0.3 is 0 Å². The number of carbonyl (C=O) groups excluding carboxylic acids is 1. The molecule has 0 N–H and O–H groups in total. The van der Waals surface area contributed by atoms with Gasteiger partial charge in [0.1, 0.15) is 0 Å². The third-order valence-electron chi connectivity index (χ3n) is 3.57. The van der Waals surface area contributed by atoms with Gasteiger partial charge in [0, 0.05) is 18.0 Å². The molecule has 1 aliphatic heterocycles. The minimum absolute atomic E-state index is 0.204. The lowest BCUT2D eigenvalue weighted by atomic mass is 9.91. The Kier molecular flexibility index (Phi) is 4.92. The van der Waals surface area contributed by atoms with E-state index in [0.717, 1.165) is 29.3 Å². The molecule has 0 bridgehead atoms. The van der Waals surface area contributed by atoms with E-state index >= 15 is 0 Å². The zero-order valence-electron chi connectivity index (χ0n) is 12.1. The standard InChI is InChI=1S/C16H23NOS/c1-4-19-15-8-6-5-7-14(15)16(18)17-10-12(2)9-13(3)11-17/h5-8,12-13H,4,9-11H2,1-3H3/t12-,13-/m0/s1. The molecule has 0 aliphatic carbocycles. The molecular formula is C16H23NOS. The Labute approximate surface area is 120 Å². The highest BCUT2D eigenvalue weighted by Crippen LogP contribution is 2.27. The molecule has 2 nitrogen and oxygen atoms in total. The first kappa shape index (κ1) is 14.4. The van der Waals surface area contributed by atoms with Crippen molar-refractivity contribution in [2.24, 2.45) is 11.8 Å². The summed E-state index contributed by atoms with van der Waals surface area (Å²) in [5, 5.41) is 0. The summed E-state index contributed by atoms with van der Waals surface area (Å²) in [6, 6.07) is 7.99. The van der Waals surface area contributed by atoms with Gasteiger partial charge in [0.2, 0.25) is 0 Å². The van der Waals surface area contributed by atoms with Crippen LogP contribution in [0.15, 0.2) is 29.2 Å². The maximum atomic E-state index is 12.7. The van der Waals surface area contributed by atoms with E-state index < -0.39 is 0 Å². The van der Waals surface area contributed by atoms with Gasteiger partial charge in [-0.05, 0) is 36.1 Å². The molecule has 0 aromatic heterocycles. The molecule has 0 spiro atoms. The molecule has 3 heteroatoms. The molecule has 1 heterocycles. The van der Waals surface area contributed by atoms with Crippen LogP contribution in [0.3, 0.4) is 0 Å². The number of hydrogen-bond donors (Lipinski definition) is 0. The molecule has 1 amide bonds. The van der Waals surface area contributed by atoms with Gasteiger partial charge in [-0.15, -0.1) is 11.8 Å². The van der Waals surface area contributed by atoms with Crippen LogP contribution in [-0.4, -0.2) is 29.6 Å². The summed E-state index contributed by atoms with van der Waals surface area (Å²) in [7, 11) is 0. The molecule has 1 fully saturated rings. The van der Waals surface area contributed by atoms with Gasteiger partial charge in [0.15, 0.2) is 0 Å². The Balaban J connectivity index is 2.19. The smallest absolute Gasteiger partial charge is 0.255 e. The number of piperidine rings is 1. The quantitative estimate of drug-likeness (QED) is 0.781. The van der Waals surface area contributed by atoms with Gasteiger partial charge in [0.25, 0.3) is 5.91 Å². The second-order valence-corrected chi connectivity index (χ2v) is 6.89. The summed E-state index contributed by atoms with van der Waals surface area (Å²) in [4.78, 5) is 15.8. The van der Waals surface area contributed by atoms with Gasteiger partial charge < -0.3 is 4.90 Å². The van der Waals surface area contributed by atoms with Crippen LogP contribution in [0, 0.1) is 11.8 Å². The van der Waals surface area contributed by atoms with Gasteiger partial charge in [0.05, 0.1) is 5.56 Å². The Hall–Kier alpha value is -0.960. The van der Waals surface area contributed by atoms with Crippen LogP contribution >= 0.6 is 11.8 Å². The molecule has 104 valence electrons. The highest BCUT2D eigenvalue weighted by Gasteiger charge is 2.27. The topological polar surface area (TPSA) is 20.3 Å². The summed E-state index contributed by atoms with van der Waals surface area (Å²) in [6.07, 6.45) is 1.23. The first-order chi connectivity index (χ1) is 9.11. The molecular weight excluding hydrogens is 254 g/mol. The van der Waals surface area contributed by atoms with Crippen molar-refractivity contribution in [1.29, 1.82) is 0 Å². The number of hydrogen-bond acceptors (Lipinski definition) is 2. The van der Waals surface area contributed by atoms with Crippen LogP contribution < -0.4 is 0 Å². The van der Waals surface area contributed by atoms with E-state index in [1.54, 1.807) is 11.8 Å². The van der Waals surface area contributed by atoms with Crippen molar-refractivity contribution in [2.45, 2.75) is 32.1 Å². The average Bonchev–Trinajstić information content (AvgIpc) is 2.38. The fraction of sp³-hybridized carbons (Fsp3) is 0.562. The molecule has 0 radical (unpaired) electrons. The van der Waals surface area contributed by atoms with Crippen molar-refractivity contribution in [1.82, 2.24) is 4.90 Å². The van der Waals surface area contributed by atoms with Gasteiger partial charge in [-0.2, -0.15) is 0 Å². The number of thioether (sulfide) groups is 1. The highest BCUT2D eigenvalue weighted by molar-refractivity contribution is 7.99. The van der Waals surface area contributed by atoms with Crippen LogP contribution in [-0.2, 0) is 0 Å². The third kappa shape index (κ3) is 3.53. The maximum Gasteiger partial charge on any atom is 0.255 e. The van der Waals surface area contributed by atoms with Gasteiger partial charge in [-0.3, -0.25) is 4.79 Å². The lowest BCUT2D eigenvalue weighted by Gasteiger charge is -2.35. The molecule has 1 aromatic rings. The van der Waals surface area contributed by atoms with Crippen molar-refractivity contribution in [2.75, 3.05) is 18.8 Å². The van der Waals surface area contributed by atoms with E-state index in [-0.39, 0.29) is 5.91 Å². The lowest BCUT2D eigenvalue weighted by Crippen LogP contribution is -2.42. The third-order valence-corrected chi connectivity index (χ3v) is 4.53. The van der Waals surface area contributed by atoms with Crippen molar-refractivity contribution < 1.29 is 4.79 Å². The van der Waals surface area contributed by atoms with Crippen molar-refractivity contribution in [3.8, 4) is 0 Å². The molecule has 0 unspecified atom stereocenters. The molecule has 19 heavy (non-hydrogen) atoms. The van der Waals surface area contributed by atoms with Crippen molar-refractivity contribution >= 4 is 17.7 Å².